The number of amides is 2. The summed E-state index contributed by atoms with van der Waals surface area (Å²) >= 11 is 0. The number of hydrogen-bond donors (Lipinski definition) is 3. The van der Waals surface area contributed by atoms with Gasteiger partial charge in [0.2, 0.25) is 0 Å². The van der Waals surface area contributed by atoms with E-state index in [1.165, 1.54) is 19.3 Å². The zero-order chi connectivity index (χ0) is 14.4. The first-order valence-corrected chi connectivity index (χ1v) is 7.08. The minimum absolute atomic E-state index is 0.0838. The maximum Gasteiger partial charge on any atom is 0.319 e. The monoisotopic (exact) mass is 278 g/mol. The van der Waals surface area contributed by atoms with Crippen LogP contribution in [-0.2, 0) is 0 Å². The van der Waals surface area contributed by atoms with Gasteiger partial charge in [0.25, 0.3) is 0 Å². The van der Waals surface area contributed by atoms with E-state index in [0.717, 1.165) is 18.9 Å². The molecule has 6 heteroatoms. The molecule has 1 aromatic rings. The van der Waals surface area contributed by atoms with Gasteiger partial charge in [-0.15, -0.1) is 0 Å². The first-order chi connectivity index (χ1) is 9.69. The summed E-state index contributed by atoms with van der Waals surface area (Å²) in [7, 11) is 0. The van der Waals surface area contributed by atoms with E-state index < -0.39 is 0 Å². The number of rotatable bonds is 4. The van der Waals surface area contributed by atoms with Gasteiger partial charge in [0, 0.05) is 13.1 Å². The summed E-state index contributed by atoms with van der Waals surface area (Å²) in [5.74, 6) is 0.958. The van der Waals surface area contributed by atoms with E-state index >= 15 is 0 Å². The summed E-state index contributed by atoms with van der Waals surface area (Å²) in [6.07, 6.45) is 5.37. The standard InChI is InChI=1S/C14H22N4O2/c1-11(10-19)16-14(20)17-12-5-6-13(15-9-12)18-7-3-2-4-8-18/h5-6,9,11,19H,2-4,7-8,10H2,1H3,(H2,16,17,20). The quantitative estimate of drug-likeness (QED) is 0.781. The van der Waals surface area contributed by atoms with Crippen LogP contribution in [0.2, 0.25) is 0 Å². The van der Waals surface area contributed by atoms with Crippen molar-refractivity contribution in [2.24, 2.45) is 0 Å². The highest BCUT2D eigenvalue weighted by molar-refractivity contribution is 5.89. The average molecular weight is 278 g/mol. The predicted molar refractivity (Wildman–Crippen MR) is 79.0 cm³/mol. The van der Waals surface area contributed by atoms with E-state index in [1.54, 1.807) is 13.1 Å². The minimum Gasteiger partial charge on any atom is -0.394 e. The van der Waals surface area contributed by atoms with Crippen molar-refractivity contribution >= 4 is 17.5 Å². The number of pyridine rings is 1. The number of piperidine rings is 1. The fourth-order valence-corrected chi connectivity index (χ4v) is 2.21. The molecule has 1 aliphatic heterocycles. The molecule has 1 aliphatic rings. The topological polar surface area (TPSA) is 77.5 Å². The maximum atomic E-state index is 11.6. The Morgan fingerprint density at radius 3 is 2.75 bits per heavy atom. The molecule has 0 aliphatic carbocycles. The number of carbonyl (C=O) groups is 1. The summed E-state index contributed by atoms with van der Waals surface area (Å²) in [6.45, 7) is 3.75. The molecule has 2 rings (SSSR count). The molecule has 20 heavy (non-hydrogen) atoms. The van der Waals surface area contributed by atoms with Gasteiger partial charge in [-0.3, -0.25) is 0 Å². The molecule has 1 saturated heterocycles. The molecule has 0 saturated carbocycles. The van der Waals surface area contributed by atoms with E-state index in [4.69, 9.17) is 5.11 Å². The smallest absolute Gasteiger partial charge is 0.319 e. The van der Waals surface area contributed by atoms with Crippen molar-refractivity contribution in [3.63, 3.8) is 0 Å². The maximum absolute atomic E-state index is 11.6. The van der Waals surface area contributed by atoms with Crippen LogP contribution in [0.3, 0.4) is 0 Å². The molecule has 1 atom stereocenters. The lowest BCUT2D eigenvalue weighted by atomic mass is 10.1. The van der Waals surface area contributed by atoms with Crippen molar-refractivity contribution < 1.29 is 9.90 Å². The number of nitrogens with zero attached hydrogens (tertiary/aromatic N) is 2. The second-order valence-electron chi connectivity index (χ2n) is 5.13. The van der Waals surface area contributed by atoms with Gasteiger partial charge < -0.3 is 20.6 Å². The molecule has 6 nitrogen and oxygen atoms in total. The Labute approximate surface area is 119 Å². The molecule has 2 amide bonds. The summed E-state index contributed by atoms with van der Waals surface area (Å²) in [5.41, 5.74) is 0.647. The summed E-state index contributed by atoms with van der Waals surface area (Å²) in [4.78, 5) is 18.3. The second-order valence-corrected chi connectivity index (χ2v) is 5.13. The highest BCUT2D eigenvalue weighted by atomic mass is 16.3. The highest BCUT2D eigenvalue weighted by Crippen LogP contribution is 2.18. The normalized spacial score (nSPS) is 16.6. The highest BCUT2D eigenvalue weighted by Gasteiger charge is 2.12. The Balaban J connectivity index is 1.89. The van der Waals surface area contributed by atoms with Crippen LogP contribution in [-0.4, -0.2) is 41.9 Å². The van der Waals surface area contributed by atoms with Crippen molar-refractivity contribution in [3.8, 4) is 0 Å². The SMILES string of the molecule is CC(CO)NC(=O)Nc1ccc(N2CCCCC2)nc1. The third-order valence-corrected chi connectivity index (χ3v) is 3.34. The fourth-order valence-electron chi connectivity index (χ4n) is 2.21. The Bertz CT molecular complexity index is 429. The fraction of sp³-hybridized carbons (Fsp3) is 0.571. The molecule has 0 bridgehead atoms. The van der Waals surface area contributed by atoms with Gasteiger partial charge in [-0.25, -0.2) is 9.78 Å². The average Bonchev–Trinajstić information content (AvgIpc) is 2.48. The number of carbonyl (C=O) groups excluding carboxylic acids is 1. The van der Waals surface area contributed by atoms with Crippen LogP contribution < -0.4 is 15.5 Å². The molecule has 1 unspecified atom stereocenters. The summed E-state index contributed by atoms with van der Waals surface area (Å²) in [6, 6.07) is 3.17. The van der Waals surface area contributed by atoms with E-state index in [9.17, 15) is 4.79 Å². The van der Waals surface area contributed by atoms with Gasteiger partial charge in [0.05, 0.1) is 24.5 Å². The van der Waals surface area contributed by atoms with Crippen LogP contribution in [0.25, 0.3) is 0 Å². The zero-order valence-corrected chi connectivity index (χ0v) is 11.8. The predicted octanol–water partition coefficient (Wildman–Crippen LogP) is 1.57. The van der Waals surface area contributed by atoms with Gasteiger partial charge in [-0.05, 0) is 38.3 Å². The Kier molecular flexibility index (Phi) is 5.17. The number of aliphatic hydroxyl groups excluding tert-OH is 1. The largest absolute Gasteiger partial charge is 0.394 e. The molecule has 0 aromatic carbocycles. The number of anilines is 2. The van der Waals surface area contributed by atoms with E-state index in [1.807, 2.05) is 12.1 Å². The third kappa shape index (κ3) is 4.09. The van der Waals surface area contributed by atoms with E-state index in [0.29, 0.717) is 5.69 Å². The van der Waals surface area contributed by atoms with Crippen LogP contribution in [0, 0.1) is 0 Å². The van der Waals surface area contributed by atoms with Crippen molar-refractivity contribution in [1.29, 1.82) is 0 Å². The molecular formula is C14H22N4O2. The van der Waals surface area contributed by atoms with Crippen molar-refractivity contribution in [3.05, 3.63) is 18.3 Å². The molecule has 110 valence electrons. The van der Waals surface area contributed by atoms with Gasteiger partial charge >= 0.3 is 6.03 Å². The molecule has 2 heterocycles. The van der Waals surface area contributed by atoms with Gasteiger partial charge in [-0.2, -0.15) is 0 Å². The molecule has 1 fully saturated rings. The Morgan fingerprint density at radius 1 is 1.40 bits per heavy atom. The van der Waals surface area contributed by atoms with Gasteiger partial charge in [0.15, 0.2) is 0 Å². The lowest BCUT2D eigenvalue weighted by Gasteiger charge is -2.27. The second kappa shape index (κ2) is 7.09. The lowest BCUT2D eigenvalue weighted by molar-refractivity contribution is 0.229. The zero-order valence-electron chi connectivity index (χ0n) is 11.8. The van der Waals surface area contributed by atoms with Crippen LogP contribution in [0.1, 0.15) is 26.2 Å². The molecule has 0 spiro atoms. The van der Waals surface area contributed by atoms with Crippen LogP contribution in [0.4, 0.5) is 16.3 Å². The molecule has 1 aromatic heterocycles. The number of aromatic nitrogens is 1. The van der Waals surface area contributed by atoms with Crippen molar-refractivity contribution in [1.82, 2.24) is 10.3 Å². The molecule has 3 N–H and O–H groups in total. The Morgan fingerprint density at radius 2 is 2.15 bits per heavy atom. The summed E-state index contributed by atoms with van der Waals surface area (Å²) in [5, 5.41) is 14.2. The van der Waals surface area contributed by atoms with Crippen LogP contribution in [0.5, 0.6) is 0 Å². The van der Waals surface area contributed by atoms with E-state index in [-0.39, 0.29) is 18.7 Å². The van der Waals surface area contributed by atoms with Crippen LogP contribution >= 0.6 is 0 Å². The summed E-state index contributed by atoms with van der Waals surface area (Å²) < 4.78 is 0. The lowest BCUT2D eigenvalue weighted by Crippen LogP contribution is -2.38. The van der Waals surface area contributed by atoms with Gasteiger partial charge in [0.1, 0.15) is 5.82 Å². The first-order valence-electron chi connectivity index (χ1n) is 7.08. The van der Waals surface area contributed by atoms with E-state index in [2.05, 4.69) is 20.5 Å². The minimum atomic E-state index is -0.334. The first kappa shape index (κ1) is 14.6. The number of urea groups is 1. The van der Waals surface area contributed by atoms with Crippen molar-refractivity contribution in [2.75, 3.05) is 29.9 Å². The van der Waals surface area contributed by atoms with Crippen molar-refractivity contribution in [2.45, 2.75) is 32.2 Å². The van der Waals surface area contributed by atoms with Gasteiger partial charge in [-0.1, -0.05) is 0 Å². The molecule has 0 radical (unpaired) electrons. The number of hydrogen-bond acceptors (Lipinski definition) is 4. The number of aliphatic hydroxyl groups is 1. The number of nitrogens with one attached hydrogen (secondary N) is 2. The van der Waals surface area contributed by atoms with Crippen LogP contribution in [0.15, 0.2) is 18.3 Å². The molecular weight excluding hydrogens is 256 g/mol. The Hall–Kier alpha value is -1.82. The third-order valence-electron chi connectivity index (χ3n) is 3.34.